The Morgan fingerprint density at radius 2 is 2.26 bits per heavy atom. The van der Waals surface area contributed by atoms with Crippen LogP contribution >= 0.6 is 11.6 Å². The number of carbonyl (C=O) groups excluding carboxylic acids is 1. The molecule has 0 aliphatic heterocycles. The number of hydrogen-bond acceptors (Lipinski definition) is 3. The zero-order valence-electron chi connectivity index (χ0n) is 11.4. The number of rotatable bonds is 7. The van der Waals surface area contributed by atoms with Crippen molar-refractivity contribution in [3.8, 4) is 5.75 Å². The van der Waals surface area contributed by atoms with E-state index in [4.69, 9.17) is 22.1 Å². The topological polar surface area (TPSA) is 64.3 Å². The molecule has 0 bridgehead atoms. The Morgan fingerprint density at radius 1 is 1.53 bits per heavy atom. The van der Waals surface area contributed by atoms with Crippen molar-refractivity contribution in [2.75, 3.05) is 6.61 Å². The number of amides is 1. The second kappa shape index (κ2) is 8.02. The first kappa shape index (κ1) is 15.8. The Balaban J connectivity index is 2.52. The molecule has 1 aromatic rings. The number of benzene rings is 1. The lowest BCUT2D eigenvalue weighted by molar-refractivity contribution is -0.123. The van der Waals surface area contributed by atoms with Crippen LogP contribution in [0.4, 0.5) is 0 Å². The molecule has 1 amide bonds. The molecule has 5 heteroatoms. The Labute approximate surface area is 119 Å². The smallest absolute Gasteiger partial charge is 0.258 e. The molecular weight excluding hydrogens is 264 g/mol. The van der Waals surface area contributed by atoms with Crippen molar-refractivity contribution in [2.24, 2.45) is 5.73 Å². The average molecular weight is 285 g/mol. The first-order valence-corrected chi connectivity index (χ1v) is 6.85. The van der Waals surface area contributed by atoms with Crippen molar-refractivity contribution >= 4 is 17.5 Å². The van der Waals surface area contributed by atoms with E-state index < -0.39 is 0 Å². The number of hydrogen-bond donors (Lipinski definition) is 2. The summed E-state index contributed by atoms with van der Waals surface area (Å²) in [7, 11) is 0. The van der Waals surface area contributed by atoms with Crippen molar-refractivity contribution in [3.05, 3.63) is 28.8 Å². The van der Waals surface area contributed by atoms with E-state index in [9.17, 15) is 4.79 Å². The van der Waals surface area contributed by atoms with E-state index in [0.717, 1.165) is 18.4 Å². The van der Waals surface area contributed by atoms with Crippen LogP contribution in [0.1, 0.15) is 32.3 Å². The van der Waals surface area contributed by atoms with Crippen LogP contribution in [0.5, 0.6) is 5.75 Å². The van der Waals surface area contributed by atoms with E-state index in [-0.39, 0.29) is 18.6 Å². The van der Waals surface area contributed by atoms with Crippen LogP contribution in [0.2, 0.25) is 5.02 Å². The minimum Gasteiger partial charge on any atom is -0.483 e. The van der Waals surface area contributed by atoms with Gasteiger partial charge in [0.25, 0.3) is 5.91 Å². The SMILES string of the molecule is CCCC(C)NC(=O)COc1cc(Cl)ccc1CN. The summed E-state index contributed by atoms with van der Waals surface area (Å²) in [5.74, 6) is 0.428. The molecule has 106 valence electrons. The lowest BCUT2D eigenvalue weighted by Gasteiger charge is -2.14. The number of nitrogens with one attached hydrogen (secondary N) is 1. The Hall–Kier alpha value is -1.26. The van der Waals surface area contributed by atoms with Gasteiger partial charge in [-0.1, -0.05) is 31.0 Å². The van der Waals surface area contributed by atoms with Gasteiger partial charge < -0.3 is 15.8 Å². The van der Waals surface area contributed by atoms with Gasteiger partial charge in [0, 0.05) is 23.2 Å². The first-order chi connectivity index (χ1) is 9.06. The molecular formula is C14H21ClN2O2. The van der Waals surface area contributed by atoms with E-state index in [1.165, 1.54) is 0 Å². The number of carbonyl (C=O) groups is 1. The summed E-state index contributed by atoms with van der Waals surface area (Å²) in [5, 5.41) is 3.44. The molecule has 1 rings (SSSR count). The molecule has 4 nitrogen and oxygen atoms in total. The zero-order valence-corrected chi connectivity index (χ0v) is 12.2. The summed E-state index contributed by atoms with van der Waals surface area (Å²) in [6, 6.07) is 5.39. The Bertz CT molecular complexity index is 424. The first-order valence-electron chi connectivity index (χ1n) is 6.47. The van der Waals surface area contributed by atoms with Crippen LogP contribution in [-0.4, -0.2) is 18.6 Å². The molecule has 1 aromatic carbocycles. The van der Waals surface area contributed by atoms with Gasteiger partial charge >= 0.3 is 0 Å². The van der Waals surface area contributed by atoms with Gasteiger partial charge in [0.05, 0.1) is 0 Å². The standard InChI is InChI=1S/C14H21ClN2O2/c1-3-4-10(2)17-14(18)9-19-13-7-12(15)6-5-11(13)8-16/h5-7,10H,3-4,8-9,16H2,1-2H3,(H,17,18). The number of ether oxygens (including phenoxy) is 1. The van der Waals surface area contributed by atoms with E-state index in [1.807, 2.05) is 6.92 Å². The van der Waals surface area contributed by atoms with Crippen LogP contribution < -0.4 is 15.8 Å². The normalized spacial score (nSPS) is 12.0. The lowest BCUT2D eigenvalue weighted by atomic mass is 10.2. The van der Waals surface area contributed by atoms with Crippen molar-refractivity contribution < 1.29 is 9.53 Å². The van der Waals surface area contributed by atoms with Gasteiger partial charge in [-0.3, -0.25) is 4.79 Å². The molecule has 0 radical (unpaired) electrons. The Kier molecular flexibility index (Phi) is 6.67. The van der Waals surface area contributed by atoms with Crippen LogP contribution in [0.15, 0.2) is 18.2 Å². The molecule has 0 aliphatic rings. The van der Waals surface area contributed by atoms with Gasteiger partial charge in [-0.15, -0.1) is 0 Å². The predicted molar refractivity (Wildman–Crippen MR) is 77.4 cm³/mol. The third kappa shape index (κ3) is 5.49. The molecule has 0 heterocycles. The minimum absolute atomic E-state index is 0.0264. The van der Waals surface area contributed by atoms with Crippen molar-refractivity contribution in [1.82, 2.24) is 5.32 Å². The summed E-state index contributed by atoms with van der Waals surface area (Å²) < 4.78 is 5.47. The van der Waals surface area contributed by atoms with Crippen molar-refractivity contribution in [1.29, 1.82) is 0 Å². The van der Waals surface area contributed by atoms with E-state index in [1.54, 1.807) is 18.2 Å². The molecule has 0 saturated heterocycles. The van der Waals surface area contributed by atoms with Crippen LogP contribution in [0, 0.1) is 0 Å². The minimum atomic E-state index is -0.135. The van der Waals surface area contributed by atoms with Crippen LogP contribution in [0.25, 0.3) is 0 Å². The fourth-order valence-corrected chi connectivity index (χ4v) is 1.96. The highest BCUT2D eigenvalue weighted by molar-refractivity contribution is 6.30. The maximum atomic E-state index is 11.7. The van der Waals surface area contributed by atoms with Crippen molar-refractivity contribution in [2.45, 2.75) is 39.3 Å². The lowest BCUT2D eigenvalue weighted by Crippen LogP contribution is -2.36. The molecule has 0 spiro atoms. The summed E-state index contributed by atoms with van der Waals surface area (Å²) in [4.78, 5) is 11.7. The monoisotopic (exact) mass is 284 g/mol. The third-order valence-corrected chi connectivity index (χ3v) is 2.97. The molecule has 19 heavy (non-hydrogen) atoms. The highest BCUT2D eigenvalue weighted by atomic mass is 35.5. The number of halogens is 1. The molecule has 0 saturated carbocycles. The zero-order chi connectivity index (χ0) is 14.3. The molecule has 1 unspecified atom stereocenters. The maximum absolute atomic E-state index is 11.7. The summed E-state index contributed by atoms with van der Waals surface area (Å²) in [5.41, 5.74) is 6.44. The number of nitrogens with two attached hydrogens (primary N) is 1. The highest BCUT2D eigenvalue weighted by Gasteiger charge is 2.09. The molecule has 1 atom stereocenters. The summed E-state index contributed by atoms with van der Waals surface area (Å²) in [6.07, 6.45) is 1.99. The second-order valence-corrected chi connectivity index (χ2v) is 4.94. The summed E-state index contributed by atoms with van der Waals surface area (Å²) in [6.45, 7) is 4.38. The van der Waals surface area contributed by atoms with Gasteiger partial charge in [-0.05, 0) is 25.5 Å². The molecule has 0 aliphatic carbocycles. The third-order valence-electron chi connectivity index (χ3n) is 2.74. The second-order valence-electron chi connectivity index (χ2n) is 4.50. The summed E-state index contributed by atoms with van der Waals surface area (Å²) >= 11 is 5.89. The average Bonchev–Trinajstić information content (AvgIpc) is 2.36. The predicted octanol–water partition coefficient (Wildman–Crippen LogP) is 2.48. The molecule has 3 N–H and O–H groups in total. The van der Waals surface area contributed by atoms with E-state index in [0.29, 0.717) is 17.3 Å². The fourth-order valence-electron chi connectivity index (χ4n) is 1.80. The van der Waals surface area contributed by atoms with Gasteiger partial charge in [-0.25, -0.2) is 0 Å². The highest BCUT2D eigenvalue weighted by Crippen LogP contribution is 2.22. The van der Waals surface area contributed by atoms with E-state index in [2.05, 4.69) is 12.2 Å². The Morgan fingerprint density at radius 3 is 2.89 bits per heavy atom. The van der Waals surface area contributed by atoms with Gasteiger partial charge in [-0.2, -0.15) is 0 Å². The van der Waals surface area contributed by atoms with Crippen LogP contribution in [-0.2, 0) is 11.3 Å². The quantitative estimate of drug-likeness (QED) is 0.808. The van der Waals surface area contributed by atoms with Crippen molar-refractivity contribution in [3.63, 3.8) is 0 Å². The van der Waals surface area contributed by atoms with Gasteiger partial charge in [0.15, 0.2) is 6.61 Å². The van der Waals surface area contributed by atoms with E-state index >= 15 is 0 Å². The maximum Gasteiger partial charge on any atom is 0.258 e. The fraction of sp³-hybridized carbons (Fsp3) is 0.500. The van der Waals surface area contributed by atoms with Gasteiger partial charge in [0.2, 0.25) is 0 Å². The molecule has 0 fully saturated rings. The van der Waals surface area contributed by atoms with Crippen LogP contribution in [0.3, 0.4) is 0 Å². The molecule has 0 aromatic heterocycles. The largest absolute Gasteiger partial charge is 0.483 e. The van der Waals surface area contributed by atoms with Gasteiger partial charge in [0.1, 0.15) is 5.75 Å².